The van der Waals surface area contributed by atoms with Crippen molar-refractivity contribution < 1.29 is 32.6 Å². The lowest BCUT2D eigenvalue weighted by Crippen LogP contribution is -2.37. The molecule has 1 aliphatic rings. The number of halogens is 2. The zero-order valence-electron chi connectivity index (χ0n) is 17.2. The molecular formula is C22H17F2N3O5S. The van der Waals surface area contributed by atoms with Gasteiger partial charge < -0.3 is 14.8 Å². The van der Waals surface area contributed by atoms with Crippen LogP contribution in [0.2, 0.25) is 0 Å². The number of nitrogens with zero attached hydrogens (tertiary/aromatic N) is 2. The molecule has 3 rings (SSSR count). The molecule has 0 bridgehead atoms. The van der Waals surface area contributed by atoms with Gasteiger partial charge in [0.15, 0.2) is 11.5 Å². The quantitative estimate of drug-likeness (QED) is 0.583. The lowest BCUT2D eigenvalue weighted by molar-refractivity contribution is -0.122. The van der Waals surface area contributed by atoms with Crippen molar-refractivity contribution in [1.82, 2.24) is 10.2 Å². The van der Waals surface area contributed by atoms with Crippen LogP contribution in [-0.2, 0) is 4.79 Å². The fourth-order valence-electron chi connectivity index (χ4n) is 2.89. The van der Waals surface area contributed by atoms with Gasteiger partial charge >= 0.3 is 6.61 Å². The first-order valence-corrected chi connectivity index (χ1v) is 10.3. The standard InChI is InChI=1S/C22H17F2N3O5S/c1-31-17-10-14(4-7-16(17)32-21(23)24)11-18-20(29)27(22(30)33-18)9-8-26-19(28)15-5-2-13(12-25)3-6-15/h2-7,10-11,21H,8-9H2,1H3,(H,26,28)/b18-11-. The molecule has 170 valence electrons. The van der Waals surface area contributed by atoms with E-state index in [4.69, 9.17) is 10.00 Å². The van der Waals surface area contributed by atoms with Crippen molar-refractivity contribution in [2.24, 2.45) is 0 Å². The van der Waals surface area contributed by atoms with Crippen LogP contribution < -0.4 is 14.8 Å². The van der Waals surface area contributed by atoms with Gasteiger partial charge in [-0.05, 0) is 59.8 Å². The monoisotopic (exact) mass is 473 g/mol. The van der Waals surface area contributed by atoms with Crippen molar-refractivity contribution >= 4 is 34.9 Å². The maximum Gasteiger partial charge on any atom is 0.387 e. The predicted octanol–water partition coefficient (Wildman–Crippen LogP) is 3.63. The number of imide groups is 1. The maximum absolute atomic E-state index is 12.6. The van der Waals surface area contributed by atoms with E-state index in [1.807, 2.05) is 6.07 Å². The lowest BCUT2D eigenvalue weighted by atomic mass is 10.1. The molecule has 0 aromatic heterocycles. The molecule has 11 heteroatoms. The SMILES string of the molecule is COc1cc(/C=C2\SC(=O)N(CCNC(=O)c3ccc(C#N)cc3)C2=O)ccc1OC(F)F. The van der Waals surface area contributed by atoms with E-state index in [0.717, 1.165) is 16.7 Å². The van der Waals surface area contributed by atoms with Crippen LogP contribution >= 0.6 is 11.8 Å². The molecule has 3 amide bonds. The predicted molar refractivity (Wildman–Crippen MR) is 116 cm³/mol. The molecule has 33 heavy (non-hydrogen) atoms. The van der Waals surface area contributed by atoms with Gasteiger partial charge in [0.2, 0.25) is 0 Å². The van der Waals surface area contributed by atoms with Gasteiger partial charge in [-0.25, -0.2) is 0 Å². The number of thioether (sulfide) groups is 1. The summed E-state index contributed by atoms with van der Waals surface area (Å²) in [5, 5.41) is 10.9. The summed E-state index contributed by atoms with van der Waals surface area (Å²) in [7, 11) is 1.29. The number of ether oxygens (including phenoxy) is 2. The molecule has 1 saturated heterocycles. The van der Waals surface area contributed by atoms with Gasteiger partial charge in [-0.15, -0.1) is 0 Å². The van der Waals surface area contributed by atoms with Crippen LogP contribution in [0.25, 0.3) is 6.08 Å². The Kier molecular flexibility index (Phi) is 7.63. The van der Waals surface area contributed by atoms with Crippen molar-refractivity contribution in [3.05, 3.63) is 64.1 Å². The van der Waals surface area contributed by atoms with Crippen LogP contribution in [0, 0.1) is 11.3 Å². The van der Waals surface area contributed by atoms with Crippen molar-refractivity contribution in [1.29, 1.82) is 5.26 Å². The molecular weight excluding hydrogens is 456 g/mol. The average Bonchev–Trinajstić information content (AvgIpc) is 3.06. The summed E-state index contributed by atoms with van der Waals surface area (Å²) in [6.07, 6.45) is 1.44. The van der Waals surface area contributed by atoms with Crippen molar-refractivity contribution in [2.75, 3.05) is 20.2 Å². The highest BCUT2D eigenvalue weighted by Crippen LogP contribution is 2.34. The normalized spacial score (nSPS) is 14.5. The number of nitriles is 1. The van der Waals surface area contributed by atoms with Crippen LogP contribution in [0.5, 0.6) is 11.5 Å². The zero-order valence-corrected chi connectivity index (χ0v) is 18.0. The number of hydrogen-bond acceptors (Lipinski definition) is 7. The van der Waals surface area contributed by atoms with E-state index in [1.165, 1.54) is 55.7 Å². The second-order valence-electron chi connectivity index (χ2n) is 6.57. The lowest BCUT2D eigenvalue weighted by Gasteiger charge is -2.13. The summed E-state index contributed by atoms with van der Waals surface area (Å²) < 4.78 is 34.3. The number of nitrogens with one attached hydrogen (secondary N) is 1. The first kappa shape index (κ1) is 23.7. The third-order valence-corrected chi connectivity index (χ3v) is 5.38. The zero-order chi connectivity index (χ0) is 24.0. The van der Waals surface area contributed by atoms with Gasteiger partial charge in [-0.1, -0.05) is 6.07 Å². The number of alkyl halides is 2. The molecule has 1 aliphatic heterocycles. The van der Waals surface area contributed by atoms with E-state index in [0.29, 0.717) is 16.7 Å². The Labute approximate surface area is 191 Å². The second-order valence-corrected chi connectivity index (χ2v) is 7.56. The average molecular weight is 473 g/mol. The van der Waals surface area contributed by atoms with Crippen LogP contribution in [0.4, 0.5) is 13.6 Å². The van der Waals surface area contributed by atoms with E-state index in [9.17, 15) is 23.2 Å². The Hall–Kier alpha value is -3.91. The Balaban J connectivity index is 1.62. The fraction of sp³-hybridized carbons (Fsp3) is 0.182. The summed E-state index contributed by atoms with van der Waals surface area (Å²) in [6, 6.07) is 12.1. The summed E-state index contributed by atoms with van der Waals surface area (Å²) in [6.45, 7) is -3.01. The number of benzene rings is 2. The Morgan fingerprint density at radius 1 is 1.21 bits per heavy atom. The van der Waals surface area contributed by atoms with Gasteiger partial charge in [0.1, 0.15) is 0 Å². The molecule has 1 fully saturated rings. The molecule has 0 radical (unpaired) electrons. The number of rotatable bonds is 8. The minimum atomic E-state index is -3.02. The van der Waals surface area contributed by atoms with Crippen LogP contribution in [-0.4, -0.2) is 48.8 Å². The van der Waals surface area contributed by atoms with E-state index in [2.05, 4.69) is 10.1 Å². The van der Waals surface area contributed by atoms with E-state index in [1.54, 1.807) is 0 Å². The van der Waals surface area contributed by atoms with Crippen molar-refractivity contribution in [2.45, 2.75) is 6.61 Å². The third-order valence-electron chi connectivity index (χ3n) is 4.47. The van der Waals surface area contributed by atoms with Gasteiger partial charge in [0.25, 0.3) is 17.1 Å². The molecule has 0 saturated carbocycles. The van der Waals surface area contributed by atoms with E-state index in [-0.39, 0.29) is 29.5 Å². The van der Waals surface area contributed by atoms with Crippen LogP contribution in [0.3, 0.4) is 0 Å². The molecule has 0 aliphatic carbocycles. The molecule has 0 spiro atoms. The van der Waals surface area contributed by atoms with Crippen molar-refractivity contribution in [3.63, 3.8) is 0 Å². The van der Waals surface area contributed by atoms with Gasteiger partial charge in [-0.3, -0.25) is 19.3 Å². The van der Waals surface area contributed by atoms with E-state index < -0.39 is 23.7 Å². The number of carbonyl (C=O) groups is 3. The van der Waals surface area contributed by atoms with Crippen molar-refractivity contribution in [3.8, 4) is 17.6 Å². The first-order valence-electron chi connectivity index (χ1n) is 9.49. The number of amides is 3. The minimum absolute atomic E-state index is 0.0332. The number of methoxy groups -OCH3 is 1. The topological polar surface area (TPSA) is 109 Å². The van der Waals surface area contributed by atoms with Gasteiger partial charge in [0, 0.05) is 18.7 Å². The van der Waals surface area contributed by atoms with Gasteiger partial charge in [-0.2, -0.15) is 14.0 Å². The minimum Gasteiger partial charge on any atom is -0.493 e. The number of carbonyl (C=O) groups excluding carboxylic acids is 3. The Bertz CT molecular complexity index is 1150. The first-order chi connectivity index (χ1) is 15.8. The van der Waals surface area contributed by atoms with Gasteiger partial charge in [0.05, 0.1) is 23.6 Å². The van der Waals surface area contributed by atoms with Crippen LogP contribution in [0.15, 0.2) is 47.4 Å². The highest BCUT2D eigenvalue weighted by atomic mass is 32.2. The molecule has 1 heterocycles. The smallest absolute Gasteiger partial charge is 0.387 e. The summed E-state index contributed by atoms with van der Waals surface area (Å²) >= 11 is 0.727. The molecule has 0 unspecified atom stereocenters. The fourth-order valence-corrected chi connectivity index (χ4v) is 3.76. The second kappa shape index (κ2) is 10.6. The maximum atomic E-state index is 12.6. The summed E-state index contributed by atoms with van der Waals surface area (Å²) in [4.78, 5) is 38.2. The highest BCUT2D eigenvalue weighted by molar-refractivity contribution is 8.18. The largest absolute Gasteiger partial charge is 0.493 e. The Morgan fingerprint density at radius 2 is 1.94 bits per heavy atom. The molecule has 0 atom stereocenters. The van der Waals surface area contributed by atoms with E-state index >= 15 is 0 Å². The molecule has 1 N–H and O–H groups in total. The molecule has 2 aromatic rings. The highest BCUT2D eigenvalue weighted by Gasteiger charge is 2.34. The number of hydrogen-bond donors (Lipinski definition) is 1. The molecule has 8 nitrogen and oxygen atoms in total. The van der Waals surface area contributed by atoms with Crippen LogP contribution in [0.1, 0.15) is 21.5 Å². The summed E-state index contributed by atoms with van der Waals surface area (Å²) in [5.74, 6) is -1.05. The summed E-state index contributed by atoms with van der Waals surface area (Å²) in [5.41, 5.74) is 1.22. The Morgan fingerprint density at radius 3 is 2.58 bits per heavy atom. The molecule has 2 aromatic carbocycles. The third kappa shape index (κ3) is 5.87.